The predicted molar refractivity (Wildman–Crippen MR) is 107 cm³/mol. The third-order valence-electron chi connectivity index (χ3n) is 3.90. The second-order valence-electron chi connectivity index (χ2n) is 5.95. The van der Waals surface area contributed by atoms with Crippen LogP contribution >= 0.6 is 23.2 Å². The van der Waals surface area contributed by atoms with E-state index in [1.807, 2.05) is 0 Å². The fourth-order valence-corrected chi connectivity index (χ4v) is 2.80. The Bertz CT molecular complexity index is 1100. The summed E-state index contributed by atoms with van der Waals surface area (Å²) in [5.41, 5.74) is -0.718. The zero-order valence-electron chi connectivity index (χ0n) is 14.9. The predicted octanol–water partition coefficient (Wildman–Crippen LogP) is 6.07. The molecule has 30 heavy (non-hydrogen) atoms. The Kier molecular flexibility index (Phi) is 6.28. The van der Waals surface area contributed by atoms with Crippen LogP contribution in [0.25, 0.3) is 0 Å². The molecule has 0 amide bonds. The van der Waals surface area contributed by atoms with Crippen LogP contribution in [0.15, 0.2) is 48.7 Å². The Morgan fingerprint density at radius 1 is 1.10 bits per heavy atom. The average molecular weight is 458 g/mol. The number of alkyl halides is 3. The van der Waals surface area contributed by atoms with Crippen LogP contribution in [-0.2, 0) is 12.7 Å². The molecule has 1 aromatic heterocycles. The van der Waals surface area contributed by atoms with Crippen molar-refractivity contribution >= 4 is 46.3 Å². The van der Waals surface area contributed by atoms with Crippen LogP contribution in [0.5, 0.6) is 0 Å². The molecule has 0 aliphatic rings. The van der Waals surface area contributed by atoms with E-state index in [4.69, 9.17) is 23.2 Å². The molecule has 0 radical (unpaired) electrons. The number of aromatic nitrogens is 2. The van der Waals surface area contributed by atoms with Crippen LogP contribution in [-0.4, -0.2) is 14.9 Å². The Hall–Kier alpha value is -3.11. The molecule has 3 rings (SSSR count). The van der Waals surface area contributed by atoms with E-state index >= 15 is 0 Å². The fraction of sp³-hybridized carbons (Fsp3) is 0.111. The molecule has 2 N–H and O–H groups in total. The van der Waals surface area contributed by atoms with Crippen molar-refractivity contribution in [2.45, 2.75) is 12.7 Å². The average Bonchev–Trinajstić information content (AvgIpc) is 2.68. The molecule has 0 aliphatic carbocycles. The highest BCUT2D eigenvalue weighted by Gasteiger charge is 2.35. The van der Waals surface area contributed by atoms with Crippen molar-refractivity contribution in [3.05, 3.63) is 79.9 Å². The summed E-state index contributed by atoms with van der Waals surface area (Å²) in [5, 5.41) is 16.9. The molecule has 1 heterocycles. The number of hydrogen-bond donors (Lipinski definition) is 2. The van der Waals surface area contributed by atoms with E-state index in [0.29, 0.717) is 16.9 Å². The minimum Gasteiger partial charge on any atom is -0.365 e. The summed E-state index contributed by atoms with van der Waals surface area (Å²) in [6, 6.07) is 10.2. The van der Waals surface area contributed by atoms with Crippen LogP contribution in [0.3, 0.4) is 0 Å². The second kappa shape index (κ2) is 8.72. The molecule has 2 aromatic carbocycles. The van der Waals surface area contributed by atoms with Crippen molar-refractivity contribution in [1.82, 2.24) is 9.97 Å². The van der Waals surface area contributed by atoms with Crippen LogP contribution in [0.4, 0.5) is 36.3 Å². The number of para-hydroxylation sites is 1. The van der Waals surface area contributed by atoms with Gasteiger partial charge in [0, 0.05) is 30.1 Å². The van der Waals surface area contributed by atoms with Gasteiger partial charge in [-0.15, -0.1) is 0 Å². The standard InChI is InChI=1S/C18H12Cl2F3N5O2/c19-13-6-5-11(7-14(13)20)26-17-25-9-12(18(21,22)23)16(27-17)24-8-10-3-1-2-4-15(10)28(29)30/h1-7,9H,8H2,(H2,24,25,26,27). The van der Waals surface area contributed by atoms with Crippen molar-refractivity contribution in [2.75, 3.05) is 10.6 Å². The van der Waals surface area contributed by atoms with Gasteiger partial charge in [-0.25, -0.2) is 4.98 Å². The van der Waals surface area contributed by atoms with Crippen LogP contribution in [0.2, 0.25) is 10.0 Å². The Labute approximate surface area is 178 Å². The number of hydrogen-bond acceptors (Lipinski definition) is 6. The van der Waals surface area contributed by atoms with Gasteiger partial charge in [0.25, 0.3) is 5.69 Å². The van der Waals surface area contributed by atoms with E-state index in [2.05, 4.69) is 20.6 Å². The van der Waals surface area contributed by atoms with Gasteiger partial charge in [0.15, 0.2) is 0 Å². The zero-order valence-corrected chi connectivity index (χ0v) is 16.4. The minimum absolute atomic E-state index is 0.133. The molecule has 0 aliphatic heterocycles. The van der Waals surface area contributed by atoms with Gasteiger partial charge >= 0.3 is 6.18 Å². The molecule has 0 atom stereocenters. The highest BCUT2D eigenvalue weighted by atomic mass is 35.5. The first-order valence-corrected chi connectivity index (χ1v) is 9.03. The maximum absolute atomic E-state index is 13.4. The maximum Gasteiger partial charge on any atom is 0.421 e. The normalized spacial score (nSPS) is 11.2. The van der Waals surface area contributed by atoms with E-state index in [1.54, 1.807) is 12.1 Å². The number of benzene rings is 2. The summed E-state index contributed by atoms with van der Waals surface area (Å²) >= 11 is 11.8. The summed E-state index contributed by atoms with van der Waals surface area (Å²) in [6.45, 7) is -0.247. The third-order valence-corrected chi connectivity index (χ3v) is 4.64. The van der Waals surface area contributed by atoms with Crippen molar-refractivity contribution in [1.29, 1.82) is 0 Å². The lowest BCUT2D eigenvalue weighted by atomic mass is 10.2. The summed E-state index contributed by atoms with van der Waals surface area (Å²) in [4.78, 5) is 18.1. The number of anilines is 3. The molecule has 3 aromatic rings. The zero-order chi connectivity index (χ0) is 21.9. The molecular weight excluding hydrogens is 446 g/mol. The molecule has 7 nitrogen and oxygen atoms in total. The largest absolute Gasteiger partial charge is 0.421 e. The highest BCUT2D eigenvalue weighted by molar-refractivity contribution is 6.42. The number of nitrogens with one attached hydrogen (secondary N) is 2. The number of nitro benzene ring substituents is 1. The van der Waals surface area contributed by atoms with E-state index in [1.165, 1.54) is 30.3 Å². The van der Waals surface area contributed by atoms with Gasteiger partial charge in [0.05, 0.1) is 15.0 Å². The molecule has 0 saturated heterocycles. The smallest absolute Gasteiger partial charge is 0.365 e. The van der Waals surface area contributed by atoms with Crippen LogP contribution in [0, 0.1) is 10.1 Å². The molecule has 0 saturated carbocycles. The number of nitro groups is 1. The summed E-state index contributed by atoms with van der Waals surface area (Å²) in [5.74, 6) is -0.662. The number of rotatable bonds is 6. The van der Waals surface area contributed by atoms with Gasteiger partial charge in [-0.05, 0) is 18.2 Å². The van der Waals surface area contributed by atoms with E-state index in [0.717, 1.165) is 0 Å². The lowest BCUT2D eigenvalue weighted by molar-refractivity contribution is -0.385. The van der Waals surface area contributed by atoms with Crippen LogP contribution in [0.1, 0.15) is 11.1 Å². The lowest BCUT2D eigenvalue weighted by Crippen LogP contribution is -2.14. The van der Waals surface area contributed by atoms with Gasteiger partial charge in [-0.3, -0.25) is 10.1 Å². The van der Waals surface area contributed by atoms with Crippen molar-refractivity contribution < 1.29 is 18.1 Å². The van der Waals surface area contributed by atoms with Gasteiger partial charge in [-0.2, -0.15) is 18.2 Å². The third kappa shape index (κ3) is 5.08. The fourth-order valence-electron chi connectivity index (χ4n) is 2.50. The summed E-state index contributed by atoms with van der Waals surface area (Å²) in [7, 11) is 0. The maximum atomic E-state index is 13.4. The summed E-state index contributed by atoms with van der Waals surface area (Å²) in [6.07, 6.45) is -4.11. The van der Waals surface area contributed by atoms with E-state index in [-0.39, 0.29) is 28.8 Å². The SMILES string of the molecule is O=[N+]([O-])c1ccccc1CNc1nc(Nc2ccc(Cl)c(Cl)c2)ncc1C(F)(F)F. The van der Waals surface area contributed by atoms with Crippen LogP contribution < -0.4 is 10.6 Å². The lowest BCUT2D eigenvalue weighted by Gasteiger charge is -2.15. The Morgan fingerprint density at radius 2 is 1.83 bits per heavy atom. The van der Waals surface area contributed by atoms with Gasteiger partial charge in [0.2, 0.25) is 5.95 Å². The van der Waals surface area contributed by atoms with Crippen molar-refractivity contribution in [3.63, 3.8) is 0 Å². The monoisotopic (exact) mass is 457 g/mol. The topological polar surface area (TPSA) is 93.0 Å². The number of halogens is 5. The molecule has 156 valence electrons. The quantitative estimate of drug-likeness (QED) is 0.344. The number of nitrogens with zero attached hydrogens (tertiary/aromatic N) is 3. The van der Waals surface area contributed by atoms with Gasteiger partial charge in [0.1, 0.15) is 11.4 Å². The molecular formula is C18H12Cl2F3N5O2. The first-order valence-electron chi connectivity index (χ1n) is 8.27. The first-order chi connectivity index (χ1) is 14.1. The molecule has 12 heteroatoms. The molecule has 0 fully saturated rings. The highest BCUT2D eigenvalue weighted by Crippen LogP contribution is 2.35. The Balaban J connectivity index is 1.90. The Morgan fingerprint density at radius 3 is 2.50 bits per heavy atom. The molecule has 0 spiro atoms. The molecule has 0 bridgehead atoms. The van der Waals surface area contributed by atoms with E-state index in [9.17, 15) is 23.3 Å². The van der Waals surface area contributed by atoms with Crippen molar-refractivity contribution in [2.24, 2.45) is 0 Å². The minimum atomic E-state index is -4.73. The molecule has 0 unspecified atom stereocenters. The van der Waals surface area contributed by atoms with E-state index < -0.39 is 22.5 Å². The van der Waals surface area contributed by atoms with Gasteiger partial charge in [-0.1, -0.05) is 41.4 Å². The van der Waals surface area contributed by atoms with Crippen molar-refractivity contribution in [3.8, 4) is 0 Å². The second-order valence-corrected chi connectivity index (χ2v) is 6.76. The van der Waals surface area contributed by atoms with Gasteiger partial charge < -0.3 is 10.6 Å². The first kappa shape index (κ1) is 21.6. The summed E-state index contributed by atoms with van der Waals surface area (Å²) < 4.78 is 40.1.